The van der Waals surface area contributed by atoms with Crippen LogP contribution in [0.3, 0.4) is 0 Å². The molecule has 0 aliphatic carbocycles. The Kier molecular flexibility index (Phi) is 11.9. The molecule has 47 heavy (non-hydrogen) atoms. The van der Waals surface area contributed by atoms with Gasteiger partial charge in [-0.15, -0.1) is 0 Å². The average molecular weight is 680 g/mol. The van der Waals surface area contributed by atoms with E-state index in [0.29, 0.717) is 11.1 Å². The maximum absolute atomic E-state index is 11.1. The number of unbranched alkanes of at least 4 members (excludes halogenated alkanes) is 8. The summed E-state index contributed by atoms with van der Waals surface area (Å²) >= 11 is 0. The van der Waals surface area contributed by atoms with E-state index in [2.05, 4.69) is 66.3 Å². The fraction of sp³-hybridized carbons (Fsp3) is 0.350. The van der Waals surface area contributed by atoms with Gasteiger partial charge in [-0.2, -0.15) is 0 Å². The Hall–Kier alpha value is -3.96. The molecule has 0 fully saturated rings. The normalized spacial score (nSPS) is 12.0. The number of nitrogens with one attached hydrogen (secondary N) is 2. The summed E-state index contributed by atoms with van der Waals surface area (Å²) in [6.45, 7) is 4.49. The van der Waals surface area contributed by atoms with Gasteiger partial charge in [-0.05, 0) is 98.5 Å². The standard InChI is InChI=1S/C40H46N4O2.Zn/c1-3-5-7-9-11-13-30-33-18-15-27(41-33)25-28-16-19-34(42-28)31(14-12-10-8-6-4-2)36-21-23-38(44-36)40(37-22-20-35(30)43-37)32-26-29(45)17-24-39(32)46;/h15-26,41-42,45-46H,3-14H2,1-2H3;. The van der Waals surface area contributed by atoms with Crippen LogP contribution in [0.2, 0.25) is 0 Å². The summed E-state index contributed by atoms with van der Waals surface area (Å²) in [6, 6.07) is 15.4. The fourth-order valence-corrected chi connectivity index (χ4v) is 6.59. The SMILES string of the molecule is CCCCCCCc1c2nc(c(-c3cc(O)ccc3O)c3nc(c(CCCCCCC)c4ccc(cc5ccc1[nH]5)[nH]4)C=C3)C=C2.[Zn]. The molecule has 1 aromatic carbocycles. The van der Waals surface area contributed by atoms with E-state index in [9.17, 15) is 10.2 Å². The second-order valence-corrected chi connectivity index (χ2v) is 12.6. The van der Waals surface area contributed by atoms with Crippen LogP contribution in [0.5, 0.6) is 11.5 Å². The number of hydrogen-bond donors (Lipinski definition) is 4. The Bertz CT molecular complexity index is 1810. The van der Waals surface area contributed by atoms with Crippen molar-refractivity contribution in [2.45, 2.75) is 90.9 Å². The summed E-state index contributed by atoms with van der Waals surface area (Å²) < 4.78 is 0. The molecule has 0 saturated carbocycles. The third-order valence-electron chi connectivity index (χ3n) is 9.10. The number of rotatable bonds is 13. The second kappa shape index (κ2) is 16.2. The van der Waals surface area contributed by atoms with Gasteiger partial charge in [0.2, 0.25) is 0 Å². The van der Waals surface area contributed by atoms with Gasteiger partial charge < -0.3 is 20.2 Å². The summed E-state index contributed by atoms with van der Waals surface area (Å²) in [6.07, 6.45) is 22.0. The maximum atomic E-state index is 11.1. The third kappa shape index (κ3) is 8.13. The van der Waals surface area contributed by atoms with Crippen molar-refractivity contribution in [2.24, 2.45) is 0 Å². The molecule has 6 nitrogen and oxygen atoms in total. The van der Waals surface area contributed by atoms with Gasteiger partial charge in [0.1, 0.15) is 11.5 Å². The van der Waals surface area contributed by atoms with Crippen LogP contribution >= 0.6 is 0 Å². The summed E-state index contributed by atoms with van der Waals surface area (Å²) in [5, 5.41) is 21.5. The van der Waals surface area contributed by atoms with E-state index in [4.69, 9.17) is 9.97 Å². The molecule has 240 valence electrons. The molecule has 0 atom stereocenters. The Labute approximate surface area is 290 Å². The number of phenols is 2. The van der Waals surface area contributed by atoms with Gasteiger partial charge in [0.15, 0.2) is 0 Å². The molecule has 5 heterocycles. The molecule has 3 aromatic heterocycles. The molecule has 8 bridgehead atoms. The maximum Gasteiger partial charge on any atom is 0.123 e. The van der Waals surface area contributed by atoms with Gasteiger partial charge >= 0.3 is 0 Å². The molecule has 4 N–H and O–H groups in total. The minimum atomic E-state index is 0. The first-order valence-corrected chi connectivity index (χ1v) is 17.2. The molecule has 6 rings (SSSR count). The number of fused-ring (bicyclic) bond motifs is 8. The van der Waals surface area contributed by atoms with Crippen molar-refractivity contribution >= 4 is 46.4 Å². The smallest absolute Gasteiger partial charge is 0.123 e. The topological polar surface area (TPSA) is 97.8 Å². The van der Waals surface area contributed by atoms with E-state index in [1.54, 1.807) is 6.07 Å². The summed E-state index contributed by atoms with van der Waals surface area (Å²) in [4.78, 5) is 17.7. The monoisotopic (exact) mass is 678 g/mol. The number of phenolic OH excluding ortho intramolecular Hbond substituents is 2. The zero-order valence-corrected chi connectivity index (χ0v) is 30.9. The van der Waals surface area contributed by atoms with Gasteiger partial charge in [0, 0.05) is 63.8 Å². The van der Waals surface area contributed by atoms with Crippen LogP contribution < -0.4 is 0 Å². The van der Waals surface area contributed by atoms with Crippen molar-refractivity contribution in [1.82, 2.24) is 19.9 Å². The van der Waals surface area contributed by atoms with E-state index in [-0.39, 0.29) is 31.0 Å². The van der Waals surface area contributed by atoms with Crippen LogP contribution in [0, 0.1) is 0 Å². The molecular formula is C40H46N4O2Zn. The van der Waals surface area contributed by atoms with Crippen LogP contribution in [0.15, 0.2) is 48.5 Å². The van der Waals surface area contributed by atoms with E-state index in [1.165, 1.54) is 74.6 Å². The van der Waals surface area contributed by atoms with Gasteiger partial charge in [-0.25, -0.2) is 9.97 Å². The number of nitrogens with zero attached hydrogens (tertiary/aromatic N) is 2. The largest absolute Gasteiger partial charge is 0.508 e. The molecule has 2 aliphatic rings. The predicted octanol–water partition coefficient (Wildman–Crippen LogP) is 10.8. The van der Waals surface area contributed by atoms with Crippen molar-refractivity contribution in [3.63, 3.8) is 0 Å². The quantitative estimate of drug-likeness (QED) is 0.0555. The van der Waals surface area contributed by atoms with Crippen LogP contribution in [0.25, 0.3) is 57.5 Å². The van der Waals surface area contributed by atoms with Crippen LogP contribution in [-0.4, -0.2) is 30.1 Å². The predicted molar refractivity (Wildman–Crippen MR) is 193 cm³/mol. The van der Waals surface area contributed by atoms with Crippen LogP contribution in [-0.2, 0) is 32.3 Å². The minimum absolute atomic E-state index is 0. The van der Waals surface area contributed by atoms with E-state index < -0.39 is 0 Å². The van der Waals surface area contributed by atoms with E-state index in [1.807, 2.05) is 12.2 Å². The number of benzene rings is 1. The van der Waals surface area contributed by atoms with Gasteiger partial charge in [0.25, 0.3) is 0 Å². The summed E-state index contributed by atoms with van der Waals surface area (Å²) in [7, 11) is 0. The molecule has 0 radical (unpaired) electrons. The van der Waals surface area contributed by atoms with Crippen molar-refractivity contribution in [3.8, 4) is 22.6 Å². The Balaban J connectivity index is 0.00000433. The molecular weight excluding hydrogens is 634 g/mol. The van der Waals surface area contributed by atoms with E-state index in [0.717, 1.165) is 70.5 Å². The second-order valence-electron chi connectivity index (χ2n) is 12.6. The molecule has 7 heteroatoms. The number of hydrogen-bond acceptors (Lipinski definition) is 4. The first-order valence-electron chi connectivity index (χ1n) is 17.2. The third-order valence-corrected chi connectivity index (χ3v) is 9.10. The molecule has 4 aromatic rings. The van der Waals surface area contributed by atoms with Gasteiger partial charge in [0.05, 0.1) is 22.8 Å². The minimum Gasteiger partial charge on any atom is -0.508 e. The molecule has 0 spiro atoms. The van der Waals surface area contributed by atoms with Gasteiger partial charge in [-0.1, -0.05) is 65.2 Å². The Morgan fingerprint density at radius 2 is 1.04 bits per heavy atom. The Morgan fingerprint density at radius 1 is 0.553 bits per heavy atom. The summed E-state index contributed by atoms with van der Waals surface area (Å²) in [5.74, 6) is 0.161. The van der Waals surface area contributed by atoms with E-state index >= 15 is 0 Å². The zero-order chi connectivity index (χ0) is 31.9. The first-order chi connectivity index (χ1) is 22.5. The first kappa shape index (κ1) is 34.4. The number of aromatic nitrogens is 4. The molecule has 2 aliphatic heterocycles. The number of aryl methyl sites for hydroxylation is 2. The van der Waals surface area contributed by atoms with Crippen LogP contribution in [0.4, 0.5) is 0 Å². The molecule has 0 unspecified atom stereocenters. The Morgan fingerprint density at radius 3 is 1.55 bits per heavy atom. The number of aromatic hydroxyl groups is 2. The van der Waals surface area contributed by atoms with Crippen LogP contribution in [0.1, 0.15) is 112 Å². The number of H-pyrrole nitrogens is 2. The van der Waals surface area contributed by atoms with Crippen molar-refractivity contribution in [1.29, 1.82) is 0 Å². The van der Waals surface area contributed by atoms with Crippen molar-refractivity contribution in [2.75, 3.05) is 0 Å². The molecule has 0 amide bonds. The fourth-order valence-electron chi connectivity index (χ4n) is 6.59. The van der Waals surface area contributed by atoms with Gasteiger partial charge in [-0.3, -0.25) is 0 Å². The molecule has 0 saturated heterocycles. The average Bonchev–Trinajstić information content (AvgIpc) is 3.88. The summed E-state index contributed by atoms with van der Waals surface area (Å²) in [5.41, 5.74) is 11.1. The van der Waals surface area contributed by atoms with Crippen molar-refractivity contribution < 1.29 is 29.7 Å². The zero-order valence-electron chi connectivity index (χ0n) is 27.9. The van der Waals surface area contributed by atoms with Crippen molar-refractivity contribution in [3.05, 3.63) is 82.4 Å². The number of aromatic amines is 2.